The summed E-state index contributed by atoms with van der Waals surface area (Å²) in [6.45, 7) is 16.5. The number of hydrogen-bond acceptors (Lipinski definition) is 8. The summed E-state index contributed by atoms with van der Waals surface area (Å²) >= 11 is 0. The molecule has 2 atom stereocenters. The lowest BCUT2D eigenvalue weighted by Crippen LogP contribution is -2.53. The monoisotopic (exact) mass is 844 g/mol. The van der Waals surface area contributed by atoms with Gasteiger partial charge in [-0.05, 0) is 115 Å². The van der Waals surface area contributed by atoms with Gasteiger partial charge in [-0.15, -0.1) is 0 Å². The van der Waals surface area contributed by atoms with Gasteiger partial charge in [0.25, 0.3) is 5.91 Å². The summed E-state index contributed by atoms with van der Waals surface area (Å²) in [5, 5.41) is 14.9. The number of fused-ring (bicyclic) bond motifs is 5. The number of nitrogens with zero attached hydrogens (tertiary/aromatic N) is 2. The van der Waals surface area contributed by atoms with Gasteiger partial charge in [-0.3, -0.25) is 19.3 Å². The fraction of sp³-hybridized carbons (Fsp3) is 0.500. The molecule has 3 aromatic carbocycles. The zero-order chi connectivity index (χ0) is 42.9. The van der Waals surface area contributed by atoms with E-state index in [0.717, 1.165) is 110 Å². The van der Waals surface area contributed by atoms with E-state index in [2.05, 4.69) is 91.5 Å². The van der Waals surface area contributed by atoms with E-state index in [1.54, 1.807) is 12.1 Å². The van der Waals surface area contributed by atoms with Gasteiger partial charge in [0.2, 0.25) is 5.56 Å². The molecule has 5 aliphatic rings. The molecule has 1 amide bonds. The summed E-state index contributed by atoms with van der Waals surface area (Å²) in [6.07, 6.45) is 11.8. The zero-order valence-corrected chi connectivity index (χ0v) is 37.7. The Hall–Kier alpha value is -4.55. The molecule has 10 nitrogen and oxygen atoms in total. The first-order valence-corrected chi connectivity index (χ1v) is 25.5. The van der Waals surface area contributed by atoms with Crippen LogP contribution in [-0.4, -0.2) is 78.9 Å². The van der Waals surface area contributed by atoms with Crippen LogP contribution in [0.1, 0.15) is 116 Å². The Morgan fingerprint density at radius 1 is 1.02 bits per heavy atom. The Balaban J connectivity index is 0.886. The van der Waals surface area contributed by atoms with E-state index < -0.39 is 13.7 Å². The van der Waals surface area contributed by atoms with Crippen LogP contribution in [0, 0.1) is 5.92 Å². The molecule has 1 saturated carbocycles. The van der Waals surface area contributed by atoms with Crippen LogP contribution >= 0.6 is 0 Å². The summed E-state index contributed by atoms with van der Waals surface area (Å²) in [6, 6.07) is 21.3. The Bertz CT molecular complexity index is 2330. The minimum atomic E-state index is -2.22. The number of pyridine rings is 1. The number of amides is 1. The van der Waals surface area contributed by atoms with Crippen LogP contribution in [0.25, 0.3) is 17.0 Å². The van der Waals surface area contributed by atoms with Crippen molar-refractivity contribution in [3.63, 3.8) is 0 Å². The zero-order valence-electron chi connectivity index (χ0n) is 36.7. The molecule has 4 fully saturated rings. The number of benzene rings is 3. The lowest BCUT2D eigenvalue weighted by Gasteiger charge is -2.45. The van der Waals surface area contributed by atoms with E-state index in [1.807, 2.05) is 23.1 Å². The third kappa shape index (κ3) is 9.17. The molecule has 3 N–H and O–H groups in total. The second-order valence-electron chi connectivity index (χ2n) is 19.5. The highest BCUT2D eigenvalue weighted by Crippen LogP contribution is 2.43. The van der Waals surface area contributed by atoms with Crippen LogP contribution in [-0.2, 0) is 32.5 Å². The number of carbonyl (C=O) groups excluding carboxylic acids is 2. The first-order chi connectivity index (χ1) is 29.2. The second-order valence-corrected chi connectivity index (χ2v) is 24.3. The minimum absolute atomic E-state index is 0.0133. The second kappa shape index (κ2) is 17.7. The standard InChI is InChI=1S/C50H64N4O6Si/c1-49(2,3)61(4,5)60-43(40-17-19-42(55)46-41(40)18-20-45(56)52-46)31-51-30-35-15-16-39-37(28-35)32-54(47(39)57)25-10-7-12-34-13-11-14-38(29-34)50(23-8-6-9-24-50)48(58)59-44-33-53-26-21-36(44)22-27-53/h7,11-20,28-29,36,43-44,51,55H,6,8-10,21-27,30-33H2,1-5H3,(H,52,56)/b12-7+/t43-,44?/m0/s1. The number of H-pyrrole nitrogens is 1. The molecule has 61 heavy (non-hydrogen) atoms. The number of piperidine rings is 3. The number of rotatable bonds is 14. The van der Waals surface area contributed by atoms with Crippen molar-refractivity contribution in [3.05, 3.63) is 117 Å². The van der Waals surface area contributed by atoms with Gasteiger partial charge in [-0.2, -0.15) is 0 Å². The fourth-order valence-electron chi connectivity index (χ4n) is 9.81. The predicted molar refractivity (Wildman–Crippen MR) is 244 cm³/mol. The molecule has 0 spiro atoms. The number of phenolic OH excluding ortho intramolecular Hbond substituents is 1. The van der Waals surface area contributed by atoms with E-state index in [4.69, 9.17) is 9.16 Å². The van der Waals surface area contributed by atoms with Gasteiger partial charge in [-0.1, -0.05) is 94.7 Å². The number of aromatic nitrogens is 1. The van der Waals surface area contributed by atoms with Gasteiger partial charge in [0.1, 0.15) is 11.9 Å². The van der Waals surface area contributed by atoms with Crippen molar-refractivity contribution in [2.24, 2.45) is 5.92 Å². The van der Waals surface area contributed by atoms with Gasteiger partial charge in [0.05, 0.1) is 17.0 Å². The van der Waals surface area contributed by atoms with E-state index in [-0.39, 0.29) is 40.4 Å². The van der Waals surface area contributed by atoms with E-state index >= 15 is 0 Å². The topological polar surface area (TPSA) is 124 Å². The van der Waals surface area contributed by atoms with Crippen molar-refractivity contribution in [1.82, 2.24) is 20.1 Å². The molecule has 9 rings (SSSR count). The van der Waals surface area contributed by atoms with E-state index in [0.29, 0.717) is 37.6 Å². The third-order valence-electron chi connectivity index (χ3n) is 14.5. The maximum absolute atomic E-state index is 14.1. The molecule has 5 heterocycles. The molecular weight excluding hydrogens is 781 g/mol. The summed E-state index contributed by atoms with van der Waals surface area (Å²) in [7, 11) is -2.22. The predicted octanol–water partition coefficient (Wildman–Crippen LogP) is 8.99. The third-order valence-corrected chi connectivity index (χ3v) is 19.0. The van der Waals surface area contributed by atoms with Crippen molar-refractivity contribution in [3.8, 4) is 5.75 Å². The Morgan fingerprint density at radius 3 is 2.54 bits per heavy atom. The normalized spacial score (nSPS) is 21.9. The average molecular weight is 845 g/mol. The highest BCUT2D eigenvalue weighted by atomic mass is 28.4. The Kier molecular flexibility index (Phi) is 12.5. The number of ether oxygens (including phenoxy) is 1. The molecule has 4 aromatic rings. The van der Waals surface area contributed by atoms with Gasteiger partial charge >= 0.3 is 5.97 Å². The Morgan fingerprint density at radius 2 is 1.80 bits per heavy atom. The van der Waals surface area contributed by atoms with Crippen molar-refractivity contribution in [1.29, 1.82) is 0 Å². The molecule has 0 radical (unpaired) electrons. The average Bonchev–Trinajstić information content (AvgIpc) is 3.56. The van der Waals surface area contributed by atoms with Gasteiger partial charge < -0.3 is 29.5 Å². The molecule has 4 aliphatic heterocycles. The molecule has 1 aliphatic carbocycles. The summed E-state index contributed by atoms with van der Waals surface area (Å²) in [4.78, 5) is 46.9. The largest absolute Gasteiger partial charge is 0.506 e. The quantitative estimate of drug-likeness (QED) is 0.0850. The summed E-state index contributed by atoms with van der Waals surface area (Å²) in [5.74, 6) is 0.553. The lowest BCUT2D eigenvalue weighted by atomic mass is 9.69. The number of hydrogen-bond donors (Lipinski definition) is 3. The SMILES string of the molecule is CC(C)(C)[Si](C)(C)O[C@@H](CNCc1ccc2c(c1)CN(CC/C=C/c1cccc(C3(C(=O)OC4CN5CCC4CC5)CCCCC3)c1)C2=O)c1ccc(O)c2[nH]c(=O)ccc12. The smallest absolute Gasteiger partial charge is 0.316 e. The summed E-state index contributed by atoms with van der Waals surface area (Å²) in [5.41, 5.74) is 5.48. The number of aromatic hydroxyl groups is 1. The number of esters is 1. The van der Waals surface area contributed by atoms with Gasteiger partial charge in [-0.25, -0.2) is 0 Å². The lowest BCUT2D eigenvalue weighted by molar-refractivity contribution is -0.167. The Labute approximate surface area is 361 Å². The minimum Gasteiger partial charge on any atom is -0.506 e. The van der Waals surface area contributed by atoms with Crippen LogP contribution in [0.4, 0.5) is 0 Å². The highest BCUT2D eigenvalue weighted by molar-refractivity contribution is 6.74. The molecule has 1 unspecified atom stereocenters. The molecule has 2 bridgehead atoms. The maximum atomic E-state index is 14.1. The molecule has 324 valence electrons. The first-order valence-electron chi connectivity index (χ1n) is 22.6. The van der Waals surface area contributed by atoms with Gasteiger partial charge in [0.15, 0.2) is 8.32 Å². The number of carbonyl (C=O) groups is 2. The van der Waals surface area contributed by atoms with E-state index in [9.17, 15) is 19.5 Å². The van der Waals surface area contributed by atoms with Crippen LogP contribution < -0.4 is 10.9 Å². The summed E-state index contributed by atoms with van der Waals surface area (Å²) < 4.78 is 13.4. The fourth-order valence-corrected chi connectivity index (χ4v) is 11.1. The molecule has 3 saturated heterocycles. The molecule has 11 heteroatoms. The van der Waals surface area contributed by atoms with Crippen LogP contribution in [0.3, 0.4) is 0 Å². The molecule has 1 aromatic heterocycles. The van der Waals surface area contributed by atoms with Crippen LogP contribution in [0.2, 0.25) is 18.1 Å². The van der Waals surface area contributed by atoms with Crippen molar-refractivity contribution in [2.75, 3.05) is 32.7 Å². The van der Waals surface area contributed by atoms with Crippen LogP contribution in [0.15, 0.2) is 77.6 Å². The van der Waals surface area contributed by atoms with Gasteiger partial charge in [0, 0.05) is 49.7 Å². The first kappa shape index (κ1) is 43.1. The van der Waals surface area contributed by atoms with Crippen molar-refractivity contribution >= 4 is 37.2 Å². The van der Waals surface area contributed by atoms with Crippen molar-refractivity contribution in [2.45, 2.75) is 121 Å². The van der Waals surface area contributed by atoms with Crippen molar-refractivity contribution < 1.29 is 23.9 Å². The van der Waals surface area contributed by atoms with E-state index in [1.165, 1.54) is 6.07 Å². The van der Waals surface area contributed by atoms with Crippen LogP contribution in [0.5, 0.6) is 5.75 Å². The number of nitrogens with one attached hydrogen (secondary N) is 2. The number of aromatic amines is 1. The molecular formula is C50H64N4O6Si. The number of phenols is 1. The highest BCUT2D eigenvalue weighted by Gasteiger charge is 2.46. The maximum Gasteiger partial charge on any atom is 0.316 e.